The Hall–Kier alpha value is 0.354. The van der Waals surface area contributed by atoms with Crippen LogP contribution in [-0.2, 0) is 9.16 Å². The molecule has 4 heteroatoms. The van der Waals surface area contributed by atoms with Gasteiger partial charge in [-0.25, -0.2) is 0 Å². The first-order valence-corrected chi connectivity index (χ1v) is 10.3. The molecule has 2 nitrogen and oxygen atoms in total. The highest BCUT2D eigenvalue weighted by Crippen LogP contribution is 2.01. The highest BCUT2D eigenvalue weighted by molar-refractivity contribution is 7.18. The van der Waals surface area contributed by atoms with E-state index in [9.17, 15) is 0 Å². The molecule has 2 radical (unpaired) electrons. The summed E-state index contributed by atoms with van der Waals surface area (Å²) in [6.07, 6.45) is 2.62. The van der Waals surface area contributed by atoms with Crippen LogP contribution in [0.15, 0.2) is 0 Å². The molecule has 0 aliphatic heterocycles. The molecule has 0 aromatic heterocycles. The van der Waals surface area contributed by atoms with Crippen LogP contribution in [0.25, 0.3) is 0 Å². The van der Waals surface area contributed by atoms with Gasteiger partial charge in [0.05, 0.1) is 14.4 Å². The van der Waals surface area contributed by atoms with E-state index in [1.807, 2.05) is 0 Å². The van der Waals surface area contributed by atoms with Gasteiger partial charge in [-0.1, -0.05) is 13.1 Å². The molecule has 0 aliphatic carbocycles. The normalized spacial score (nSPS) is 14.1. The smallest absolute Gasteiger partial charge is 0.190 e. The average Bonchev–Trinajstić information content (AvgIpc) is 2.11. The SMILES string of the molecule is COC(C)CCCO[Si](C)[Si](C)C. The second kappa shape index (κ2) is 7.73. The minimum absolute atomic E-state index is 0.170. The third-order valence-electron chi connectivity index (χ3n) is 2.18. The van der Waals surface area contributed by atoms with Gasteiger partial charge in [-0.3, -0.25) is 0 Å². The number of rotatable bonds is 7. The molecule has 0 amide bonds. The van der Waals surface area contributed by atoms with E-state index < -0.39 is 8.56 Å². The lowest BCUT2D eigenvalue weighted by Crippen LogP contribution is -2.30. The van der Waals surface area contributed by atoms with E-state index in [0.717, 1.165) is 19.4 Å². The Morgan fingerprint density at radius 1 is 1.23 bits per heavy atom. The molecule has 13 heavy (non-hydrogen) atoms. The monoisotopic (exact) mass is 218 g/mol. The average molecular weight is 218 g/mol. The number of ether oxygens (including phenoxy) is 1. The topological polar surface area (TPSA) is 18.5 Å². The van der Waals surface area contributed by atoms with Crippen molar-refractivity contribution in [1.82, 2.24) is 0 Å². The van der Waals surface area contributed by atoms with Crippen molar-refractivity contribution in [1.29, 1.82) is 0 Å². The summed E-state index contributed by atoms with van der Waals surface area (Å²) < 4.78 is 11.0. The van der Waals surface area contributed by atoms with Crippen molar-refractivity contribution in [3.05, 3.63) is 0 Å². The largest absolute Gasteiger partial charge is 0.421 e. The van der Waals surface area contributed by atoms with E-state index in [0.29, 0.717) is 6.10 Å². The molecule has 0 bridgehead atoms. The van der Waals surface area contributed by atoms with Crippen LogP contribution in [-0.4, -0.2) is 36.7 Å². The Balaban J connectivity index is 3.25. The molecule has 0 N–H and O–H groups in total. The quantitative estimate of drug-likeness (QED) is 0.482. The van der Waals surface area contributed by atoms with Crippen LogP contribution in [0.2, 0.25) is 19.6 Å². The summed E-state index contributed by atoms with van der Waals surface area (Å²) in [6.45, 7) is 9.97. The lowest BCUT2D eigenvalue weighted by Gasteiger charge is -2.14. The zero-order chi connectivity index (χ0) is 10.3. The molecular weight excluding hydrogens is 196 g/mol. The Morgan fingerprint density at radius 3 is 2.31 bits per heavy atom. The van der Waals surface area contributed by atoms with Gasteiger partial charge in [0, 0.05) is 13.7 Å². The molecule has 0 aromatic carbocycles. The zero-order valence-electron chi connectivity index (χ0n) is 9.52. The zero-order valence-corrected chi connectivity index (χ0v) is 11.5. The Kier molecular flexibility index (Phi) is 7.94. The van der Waals surface area contributed by atoms with Crippen molar-refractivity contribution in [2.75, 3.05) is 13.7 Å². The van der Waals surface area contributed by atoms with E-state index in [4.69, 9.17) is 9.16 Å². The molecule has 0 aliphatic rings. The van der Waals surface area contributed by atoms with E-state index in [-0.39, 0.29) is 8.31 Å². The van der Waals surface area contributed by atoms with E-state index in [1.54, 1.807) is 7.11 Å². The molecule has 78 valence electrons. The molecule has 0 aromatic rings. The van der Waals surface area contributed by atoms with Crippen molar-refractivity contribution >= 4 is 16.9 Å². The molecule has 0 saturated heterocycles. The van der Waals surface area contributed by atoms with Gasteiger partial charge in [-0.05, 0) is 26.3 Å². The van der Waals surface area contributed by atoms with Crippen molar-refractivity contribution in [2.45, 2.75) is 45.5 Å². The van der Waals surface area contributed by atoms with E-state index >= 15 is 0 Å². The van der Waals surface area contributed by atoms with Crippen LogP contribution in [0, 0.1) is 0 Å². The lowest BCUT2D eigenvalue weighted by atomic mass is 10.2. The fraction of sp³-hybridized carbons (Fsp3) is 1.00. The van der Waals surface area contributed by atoms with E-state index in [2.05, 4.69) is 26.6 Å². The Morgan fingerprint density at radius 2 is 1.85 bits per heavy atom. The Bertz CT molecular complexity index is 120. The minimum atomic E-state index is -0.450. The predicted molar refractivity (Wildman–Crippen MR) is 60.8 cm³/mol. The summed E-state index contributed by atoms with van der Waals surface area (Å²) in [5, 5.41) is 0. The highest BCUT2D eigenvalue weighted by atomic mass is 29.2. The maximum atomic E-state index is 5.79. The van der Waals surface area contributed by atoms with Gasteiger partial charge in [-0.15, -0.1) is 0 Å². The summed E-state index contributed by atoms with van der Waals surface area (Å²) in [4.78, 5) is 0. The first kappa shape index (κ1) is 13.4. The fourth-order valence-electron chi connectivity index (χ4n) is 0.858. The van der Waals surface area contributed by atoms with Gasteiger partial charge >= 0.3 is 0 Å². The summed E-state index contributed by atoms with van der Waals surface area (Å²) in [5.74, 6) is 0. The first-order valence-electron chi connectivity index (χ1n) is 4.87. The van der Waals surface area contributed by atoms with Crippen molar-refractivity contribution in [2.24, 2.45) is 0 Å². The van der Waals surface area contributed by atoms with Crippen molar-refractivity contribution in [3.63, 3.8) is 0 Å². The summed E-state index contributed by atoms with van der Waals surface area (Å²) >= 11 is 0. The molecule has 1 unspecified atom stereocenters. The first-order chi connectivity index (χ1) is 6.07. The van der Waals surface area contributed by atoms with Gasteiger partial charge in [0.25, 0.3) is 0 Å². The molecule has 0 saturated carbocycles. The second-order valence-corrected chi connectivity index (χ2v) is 12.1. The third-order valence-corrected chi connectivity index (χ3v) is 8.88. The molecule has 1 atom stereocenters. The van der Waals surface area contributed by atoms with E-state index in [1.165, 1.54) is 0 Å². The molecular formula is C9H22O2Si2. The van der Waals surface area contributed by atoms with Gasteiger partial charge < -0.3 is 9.16 Å². The van der Waals surface area contributed by atoms with Crippen LogP contribution in [0.5, 0.6) is 0 Å². The Labute approximate surface area is 85.8 Å². The lowest BCUT2D eigenvalue weighted by molar-refractivity contribution is 0.104. The van der Waals surface area contributed by atoms with Crippen molar-refractivity contribution in [3.8, 4) is 0 Å². The minimum Gasteiger partial charge on any atom is -0.421 e. The second-order valence-electron chi connectivity index (χ2n) is 3.59. The van der Waals surface area contributed by atoms with Crippen molar-refractivity contribution < 1.29 is 9.16 Å². The standard InChI is InChI=1S/C9H22O2Si2/c1-9(10-2)7-6-8-11-13(5)12(3)4/h9H,6-8H2,1-5H3. The molecule has 0 heterocycles. The van der Waals surface area contributed by atoms with Gasteiger partial charge in [0.1, 0.15) is 0 Å². The number of hydrogen-bond donors (Lipinski definition) is 0. The third kappa shape index (κ3) is 7.43. The van der Waals surface area contributed by atoms with Crippen LogP contribution in [0.1, 0.15) is 19.8 Å². The van der Waals surface area contributed by atoms with Crippen LogP contribution >= 0.6 is 0 Å². The van der Waals surface area contributed by atoms with Gasteiger partial charge in [0.2, 0.25) is 0 Å². The molecule has 0 rings (SSSR count). The summed E-state index contributed by atoms with van der Waals surface area (Å²) in [7, 11) is 1.14. The maximum Gasteiger partial charge on any atom is 0.190 e. The summed E-state index contributed by atoms with van der Waals surface area (Å²) in [6, 6.07) is 0. The number of hydrogen-bond acceptors (Lipinski definition) is 2. The molecule has 0 spiro atoms. The highest BCUT2D eigenvalue weighted by Gasteiger charge is 2.11. The fourth-order valence-corrected chi connectivity index (χ4v) is 2.77. The molecule has 0 fully saturated rings. The van der Waals surface area contributed by atoms with Gasteiger partial charge in [0.15, 0.2) is 8.56 Å². The maximum absolute atomic E-state index is 5.79. The van der Waals surface area contributed by atoms with Gasteiger partial charge in [-0.2, -0.15) is 0 Å². The predicted octanol–water partition coefficient (Wildman–Crippen LogP) is 2.27. The van der Waals surface area contributed by atoms with Crippen LogP contribution in [0.3, 0.4) is 0 Å². The van der Waals surface area contributed by atoms with Crippen LogP contribution < -0.4 is 0 Å². The van der Waals surface area contributed by atoms with Crippen LogP contribution in [0.4, 0.5) is 0 Å². The summed E-state index contributed by atoms with van der Waals surface area (Å²) in [5.41, 5.74) is 0. The number of methoxy groups -OCH3 is 1.